The molecule has 1 aliphatic rings. The molecular formula is C18H14ClNO5. The minimum atomic E-state index is -0.768. The van der Waals surface area contributed by atoms with E-state index in [-0.39, 0.29) is 18.7 Å². The lowest BCUT2D eigenvalue weighted by Gasteiger charge is -2.15. The molecule has 0 atom stereocenters. The molecule has 2 aromatic rings. The van der Waals surface area contributed by atoms with Gasteiger partial charge in [0.1, 0.15) is 18.9 Å². The van der Waals surface area contributed by atoms with Crippen molar-refractivity contribution in [3.8, 4) is 5.75 Å². The first-order chi connectivity index (χ1) is 12.0. The van der Waals surface area contributed by atoms with E-state index in [1.165, 1.54) is 12.1 Å². The van der Waals surface area contributed by atoms with Gasteiger partial charge in [0.15, 0.2) is 0 Å². The summed E-state index contributed by atoms with van der Waals surface area (Å²) < 4.78 is 10.3. The fourth-order valence-corrected chi connectivity index (χ4v) is 2.70. The average Bonchev–Trinajstić information content (AvgIpc) is 2.85. The minimum Gasteiger partial charge on any atom is -0.497 e. The second-order valence-corrected chi connectivity index (χ2v) is 5.83. The molecule has 6 nitrogen and oxygen atoms in total. The maximum Gasteiger partial charge on any atom is 0.326 e. The lowest BCUT2D eigenvalue weighted by Crippen LogP contribution is -2.35. The topological polar surface area (TPSA) is 72.9 Å². The van der Waals surface area contributed by atoms with Crippen LogP contribution in [0.4, 0.5) is 5.69 Å². The highest BCUT2D eigenvalue weighted by Gasteiger charge is 2.37. The summed E-state index contributed by atoms with van der Waals surface area (Å²) in [7, 11) is 1.55. The number of methoxy groups -OCH3 is 1. The molecule has 0 saturated carbocycles. The lowest BCUT2D eigenvalue weighted by atomic mass is 10.1. The summed E-state index contributed by atoms with van der Waals surface area (Å²) in [6, 6.07) is 11.6. The molecule has 7 heteroatoms. The Morgan fingerprint density at radius 3 is 2.72 bits per heavy atom. The number of nitrogens with zero attached hydrogens (tertiary/aromatic N) is 1. The number of hydrogen-bond donors (Lipinski definition) is 0. The maximum atomic E-state index is 12.1. The zero-order chi connectivity index (χ0) is 18.0. The van der Waals surface area contributed by atoms with Gasteiger partial charge in [-0.25, -0.2) is 0 Å². The Bertz CT molecular complexity index is 864. The van der Waals surface area contributed by atoms with E-state index in [0.29, 0.717) is 16.5 Å². The van der Waals surface area contributed by atoms with Crippen LogP contribution in [0.5, 0.6) is 5.75 Å². The van der Waals surface area contributed by atoms with E-state index in [4.69, 9.17) is 21.1 Å². The molecule has 2 aromatic carbocycles. The van der Waals surface area contributed by atoms with E-state index >= 15 is 0 Å². The normalized spacial score (nSPS) is 13.0. The average molecular weight is 360 g/mol. The van der Waals surface area contributed by atoms with Gasteiger partial charge in [-0.15, -0.1) is 0 Å². The number of ether oxygens (including phenoxy) is 2. The van der Waals surface area contributed by atoms with Crippen LogP contribution in [0.1, 0.15) is 15.9 Å². The first-order valence-electron chi connectivity index (χ1n) is 7.44. The van der Waals surface area contributed by atoms with Crippen molar-refractivity contribution in [3.05, 3.63) is 58.6 Å². The van der Waals surface area contributed by atoms with Gasteiger partial charge in [0, 0.05) is 5.02 Å². The summed E-state index contributed by atoms with van der Waals surface area (Å²) in [5, 5.41) is 0.349. The van der Waals surface area contributed by atoms with E-state index in [1.807, 2.05) is 0 Å². The number of hydrogen-bond acceptors (Lipinski definition) is 5. The largest absolute Gasteiger partial charge is 0.497 e. The van der Waals surface area contributed by atoms with Crippen LogP contribution in [0, 0.1) is 0 Å². The predicted octanol–water partition coefficient (Wildman–Crippen LogP) is 2.62. The van der Waals surface area contributed by atoms with E-state index in [9.17, 15) is 14.4 Å². The predicted molar refractivity (Wildman–Crippen MR) is 90.9 cm³/mol. The highest BCUT2D eigenvalue weighted by molar-refractivity contribution is 6.53. The van der Waals surface area contributed by atoms with Crippen LogP contribution >= 0.6 is 11.6 Å². The van der Waals surface area contributed by atoms with E-state index < -0.39 is 17.7 Å². The van der Waals surface area contributed by atoms with Crippen molar-refractivity contribution in [1.29, 1.82) is 0 Å². The fourth-order valence-electron chi connectivity index (χ4n) is 2.53. The monoisotopic (exact) mass is 359 g/mol. The first kappa shape index (κ1) is 17.0. The molecule has 1 amide bonds. The number of halogens is 1. The van der Waals surface area contributed by atoms with Gasteiger partial charge in [0.25, 0.3) is 11.7 Å². The molecule has 0 N–H and O–H groups in total. The van der Waals surface area contributed by atoms with Gasteiger partial charge in [-0.05, 0) is 35.9 Å². The number of rotatable bonds is 5. The van der Waals surface area contributed by atoms with Crippen LogP contribution in [0.25, 0.3) is 0 Å². The van der Waals surface area contributed by atoms with Crippen molar-refractivity contribution < 1.29 is 23.9 Å². The quantitative estimate of drug-likeness (QED) is 0.606. The number of benzene rings is 2. The SMILES string of the molecule is COc1cccc(COC(=O)CN2C(=O)C(=O)c3cc(Cl)ccc32)c1. The second kappa shape index (κ2) is 6.94. The van der Waals surface area contributed by atoms with Crippen LogP contribution < -0.4 is 9.64 Å². The molecule has 0 bridgehead atoms. The molecule has 1 heterocycles. The van der Waals surface area contributed by atoms with Gasteiger partial charge in [0.2, 0.25) is 0 Å². The van der Waals surface area contributed by atoms with Crippen LogP contribution in [0.15, 0.2) is 42.5 Å². The molecule has 3 rings (SSSR count). The number of anilines is 1. The van der Waals surface area contributed by atoms with Crippen LogP contribution in [0.3, 0.4) is 0 Å². The molecule has 0 fully saturated rings. The Labute approximate surface area is 148 Å². The number of fused-ring (bicyclic) bond motifs is 1. The van der Waals surface area contributed by atoms with Gasteiger partial charge in [0.05, 0.1) is 18.4 Å². The van der Waals surface area contributed by atoms with Crippen LogP contribution in [-0.2, 0) is 20.9 Å². The first-order valence-corrected chi connectivity index (χ1v) is 7.81. The minimum absolute atomic E-state index is 0.0412. The van der Waals surface area contributed by atoms with Crippen molar-refractivity contribution in [2.45, 2.75) is 6.61 Å². The molecule has 1 aliphatic heterocycles. The van der Waals surface area contributed by atoms with E-state index in [0.717, 1.165) is 10.5 Å². The van der Waals surface area contributed by atoms with E-state index in [2.05, 4.69) is 0 Å². The molecule has 0 radical (unpaired) electrons. The fraction of sp³-hybridized carbons (Fsp3) is 0.167. The third-order valence-electron chi connectivity index (χ3n) is 3.75. The molecular weight excluding hydrogens is 346 g/mol. The number of esters is 1. The maximum absolute atomic E-state index is 12.1. The Balaban J connectivity index is 1.67. The summed E-state index contributed by atoms with van der Waals surface area (Å²) in [5.74, 6) is -1.42. The van der Waals surface area contributed by atoms with Gasteiger partial charge in [-0.2, -0.15) is 0 Å². The van der Waals surface area contributed by atoms with E-state index in [1.54, 1.807) is 37.4 Å². The Morgan fingerprint density at radius 2 is 1.96 bits per heavy atom. The van der Waals surface area contributed by atoms with Crippen molar-refractivity contribution in [1.82, 2.24) is 0 Å². The number of carbonyl (C=O) groups excluding carboxylic acids is 3. The van der Waals surface area contributed by atoms with Crippen LogP contribution in [0.2, 0.25) is 5.02 Å². The summed E-state index contributed by atoms with van der Waals surface area (Å²) in [6.45, 7) is -0.303. The van der Waals surface area contributed by atoms with Gasteiger partial charge in [-0.3, -0.25) is 19.3 Å². The molecule has 0 saturated heterocycles. The number of amides is 1. The van der Waals surface area contributed by atoms with Crippen molar-refractivity contribution >= 4 is 34.9 Å². The summed E-state index contributed by atoms with van der Waals surface area (Å²) in [6.07, 6.45) is 0. The van der Waals surface area contributed by atoms with Crippen molar-refractivity contribution in [2.75, 3.05) is 18.6 Å². The van der Waals surface area contributed by atoms with Crippen LogP contribution in [-0.4, -0.2) is 31.3 Å². The summed E-state index contributed by atoms with van der Waals surface area (Å²) in [5.41, 5.74) is 1.31. The van der Waals surface area contributed by atoms with Gasteiger partial charge in [-0.1, -0.05) is 23.7 Å². The molecule has 128 valence electrons. The smallest absolute Gasteiger partial charge is 0.326 e. The standard InChI is InChI=1S/C18H14ClNO5/c1-24-13-4-2-3-11(7-13)10-25-16(21)9-20-15-6-5-12(19)8-14(15)17(22)18(20)23/h2-8H,9-10H2,1H3. The Morgan fingerprint density at radius 1 is 1.16 bits per heavy atom. The second-order valence-electron chi connectivity index (χ2n) is 5.39. The Hall–Kier alpha value is -2.86. The zero-order valence-electron chi connectivity index (χ0n) is 13.3. The number of Topliss-reactive ketones (excluding diaryl/α,β-unsaturated/α-hetero) is 1. The number of ketones is 1. The zero-order valence-corrected chi connectivity index (χ0v) is 14.1. The molecule has 25 heavy (non-hydrogen) atoms. The molecule has 0 aliphatic carbocycles. The summed E-state index contributed by atoms with van der Waals surface area (Å²) >= 11 is 5.85. The van der Waals surface area contributed by atoms with Gasteiger partial charge >= 0.3 is 5.97 Å². The highest BCUT2D eigenvalue weighted by Crippen LogP contribution is 2.31. The molecule has 0 aromatic heterocycles. The van der Waals surface area contributed by atoms with Crippen molar-refractivity contribution in [3.63, 3.8) is 0 Å². The van der Waals surface area contributed by atoms with Gasteiger partial charge < -0.3 is 9.47 Å². The molecule has 0 spiro atoms. The van der Waals surface area contributed by atoms with Crippen molar-refractivity contribution in [2.24, 2.45) is 0 Å². The Kier molecular flexibility index (Phi) is 4.72. The number of carbonyl (C=O) groups is 3. The lowest BCUT2D eigenvalue weighted by molar-refractivity contribution is -0.143. The third kappa shape index (κ3) is 3.49. The molecule has 0 unspecified atom stereocenters. The third-order valence-corrected chi connectivity index (χ3v) is 3.99. The highest BCUT2D eigenvalue weighted by atomic mass is 35.5. The summed E-state index contributed by atoms with van der Waals surface area (Å²) in [4.78, 5) is 37.2.